The molecular formula is C26H25ClN2O3S. The molecule has 2 heterocycles. The van der Waals surface area contributed by atoms with Gasteiger partial charge in [0.2, 0.25) is 5.91 Å². The number of nitrogens with zero attached hydrogens (tertiary/aromatic N) is 2. The molecule has 1 aliphatic rings. The van der Waals surface area contributed by atoms with Crippen LogP contribution in [-0.4, -0.2) is 47.9 Å². The van der Waals surface area contributed by atoms with E-state index in [1.54, 1.807) is 41.7 Å². The number of halogens is 1. The van der Waals surface area contributed by atoms with Gasteiger partial charge >= 0.3 is 0 Å². The zero-order valence-corrected chi connectivity index (χ0v) is 19.7. The highest BCUT2D eigenvalue weighted by Crippen LogP contribution is 2.34. The van der Waals surface area contributed by atoms with E-state index in [9.17, 15) is 9.59 Å². The van der Waals surface area contributed by atoms with Crippen LogP contribution in [0.3, 0.4) is 0 Å². The predicted molar refractivity (Wildman–Crippen MR) is 132 cm³/mol. The second kappa shape index (κ2) is 10.7. The minimum Gasteiger partial charge on any atom is -0.491 e. The lowest BCUT2D eigenvalue weighted by atomic mass is 10.0. The lowest BCUT2D eigenvalue weighted by Gasteiger charge is -2.37. The molecule has 1 aromatic heterocycles. The summed E-state index contributed by atoms with van der Waals surface area (Å²) >= 11 is 7.68. The number of benzene rings is 2. The van der Waals surface area contributed by atoms with Crippen molar-refractivity contribution >= 4 is 34.8 Å². The van der Waals surface area contributed by atoms with Crippen LogP contribution >= 0.6 is 22.9 Å². The first-order valence-electron chi connectivity index (χ1n) is 10.8. The molecule has 4 rings (SSSR count). The summed E-state index contributed by atoms with van der Waals surface area (Å²) in [5.41, 5.74) is 1.66. The lowest BCUT2D eigenvalue weighted by Crippen LogP contribution is -2.47. The summed E-state index contributed by atoms with van der Waals surface area (Å²) in [7, 11) is 0. The molecule has 0 saturated carbocycles. The lowest BCUT2D eigenvalue weighted by molar-refractivity contribution is -0.135. The van der Waals surface area contributed by atoms with Crippen molar-refractivity contribution in [3.05, 3.63) is 99.7 Å². The van der Waals surface area contributed by atoms with Gasteiger partial charge in [0.05, 0.1) is 6.04 Å². The molecule has 0 saturated heterocycles. The Morgan fingerprint density at radius 2 is 1.91 bits per heavy atom. The van der Waals surface area contributed by atoms with Crippen molar-refractivity contribution in [1.29, 1.82) is 0 Å². The third kappa shape index (κ3) is 5.46. The smallest absolute Gasteiger partial charge is 0.254 e. The number of carbonyl (C=O) groups is 2. The number of fused-ring (bicyclic) bond motifs is 1. The zero-order valence-electron chi connectivity index (χ0n) is 18.2. The topological polar surface area (TPSA) is 49.9 Å². The van der Waals surface area contributed by atoms with Crippen molar-refractivity contribution in [1.82, 2.24) is 9.80 Å². The molecule has 2 amide bonds. The SMILES string of the molecule is C=CCN(CC(=O)N1CCc2sccc2[C@@H]1COc1ccc(Cl)cc1)C(=O)c1ccccc1. The fraction of sp³-hybridized carbons (Fsp3) is 0.231. The van der Waals surface area contributed by atoms with E-state index in [0.717, 1.165) is 12.0 Å². The number of ether oxygens (including phenoxy) is 1. The second-order valence-electron chi connectivity index (χ2n) is 7.76. The van der Waals surface area contributed by atoms with Gasteiger partial charge in [0.25, 0.3) is 5.91 Å². The first-order chi connectivity index (χ1) is 16.1. The Bertz CT molecular complexity index is 1110. The third-order valence-electron chi connectivity index (χ3n) is 5.62. The van der Waals surface area contributed by atoms with Crippen LogP contribution in [0.4, 0.5) is 0 Å². The number of thiophene rings is 1. The number of amides is 2. The molecular weight excluding hydrogens is 456 g/mol. The standard InChI is InChI=1S/C26H25ClN2O3S/c1-2-14-28(26(31)19-6-4-3-5-7-19)17-25(30)29-15-12-24-22(13-16-33-24)23(29)18-32-21-10-8-20(27)9-11-21/h2-11,13,16,23H,1,12,14-15,17-18H2/t23-/m0/s1. The van der Waals surface area contributed by atoms with Crippen LogP contribution in [0.15, 0.2) is 78.7 Å². The Morgan fingerprint density at radius 3 is 2.64 bits per heavy atom. The number of hydrogen-bond donors (Lipinski definition) is 0. The predicted octanol–water partition coefficient (Wildman–Crippen LogP) is 5.23. The molecule has 7 heteroatoms. The molecule has 3 aromatic rings. The van der Waals surface area contributed by atoms with E-state index in [1.807, 2.05) is 35.2 Å². The second-order valence-corrected chi connectivity index (χ2v) is 9.19. The molecule has 5 nitrogen and oxygen atoms in total. The number of rotatable bonds is 8. The Balaban J connectivity index is 1.51. The first kappa shape index (κ1) is 23.1. The summed E-state index contributed by atoms with van der Waals surface area (Å²) in [6.07, 6.45) is 2.44. The van der Waals surface area contributed by atoms with E-state index in [0.29, 0.717) is 36.0 Å². The molecule has 33 heavy (non-hydrogen) atoms. The molecule has 0 spiro atoms. The Kier molecular flexibility index (Phi) is 7.47. The molecule has 2 aromatic carbocycles. The highest BCUT2D eigenvalue weighted by atomic mass is 35.5. The Morgan fingerprint density at radius 1 is 1.15 bits per heavy atom. The molecule has 1 atom stereocenters. The van der Waals surface area contributed by atoms with Crippen LogP contribution in [-0.2, 0) is 11.2 Å². The van der Waals surface area contributed by atoms with Gasteiger partial charge in [0.1, 0.15) is 18.9 Å². The summed E-state index contributed by atoms with van der Waals surface area (Å²) in [5, 5.41) is 2.69. The number of hydrogen-bond acceptors (Lipinski definition) is 4. The van der Waals surface area contributed by atoms with Crippen LogP contribution in [0, 0.1) is 0 Å². The van der Waals surface area contributed by atoms with Gasteiger partial charge in [0, 0.05) is 28.6 Å². The van der Waals surface area contributed by atoms with E-state index in [-0.39, 0.29) is 24.4 Å². The largest absolute Gasteiger partial charge is 0.491 e. The number of carbonyl (C=O) groups excluding carboxylic acids is 2. The van der Waals surface area contributed by atoms with Gasteiger partial charge in [-0.25, -0.2) is 0 Å². The summed E-state index contributed by atoms with van der Waals surface area (Å²) in [4.78, 5) is 31.1. The maximum Gasteiger partial charge on any atom is 0.254 e. The third-order valence-corrected chi connectivity index (χ3v) is 6.87. The summed E-state index contributed by atoms with van der Waals surface area (Å²) in [5.74, 6) is 0.399. The van der Waals surface area contributed by atoms with Crippen LogP contribution in [0.25, 0.3) is 0 Å². The zero-order chi connectivity index (χ0) is 23.2. The average Bonchev–Trinajstić information content (AvgIpc) is 3.32. The van der Waals surface area contributed by atoms with E-state index >= 15 is 0 Å². The highest BCUT2D eigenvalue weighted by Gasteiger charge is 2.33. The molecule has 0 unspecified atom stereocenters. The molecule has 0 fully saturated rings. The van der Waals surface area contributed by atoms with Crippen LogP contribution in [0.1, 0.15) is 26.8 Å². The highest BCUT2D eigenvalue weighted by molar-refractivity contribution is 7.10. The van der Waals surface area contributed by atoms with Gasteiger partial charge in [-0.3, -0.25) is 9.59 Å². The Labute approximate surface area is 202 Å². The maximum absolute atomic E-state index is 13.4. The van der Waals surface area contributed by atoms with Crippen molar-refractivity contribution in [3.63, 3.8) is 0 Å². The average molecular weight is 481 g/mol. The maximum atomic E-state index is 13.4. The van der Waals surface area contributed by atoms with Crippen molar-refractivity contribution in [2.75, 3.05) is 26.2 Å². The van der Waals surface area contributed by atoms with Crippen LogP contribution < -0.4 is 4.74 Å². The molecule has 0 aliphatic carbocycles. The van der Waals surface area contributed by atoms with Crippen molar-refractivity contribution in [3.8, 4) is 5.75 Å². The summed E-state index contributed by atoms with van der Waals surface area (Å²) < 4.78 is 6.03. The molecule has 1 aliphatic heterocycles. The van der Waals surface area contributed by atoms with Crippen LogP contribution in [0.5, 0.6) is 5.75 Å². The van der Waals surface area contributed by atoms with E-state index in [4.69, 9.17) is 16.3 Å². The fourth-order valence-electron chi connectivity index (χ4n) is 3.97. The van der Waals surface area contributed by atoms with E-state index in [1.165, 1.54) is 9.78 Å². The first-order valence-corrected chi connectivity index (χ1v) is 12.0. The quantitative estimate of drug-likeness (QED) is 0.414. The Hall–Kier alpha value is -3.09. The monoisotopic (exact) mass is 480 g/mol. The van der Waals surface area contributed by atoms with Gasteiger partial charge in [-0.05, 0) is 59.8 Å². The van der Waals surface area contributed by atoms with E-state index in [2.05, 4.69) is 18.0 Å². The van der Waals surface area contributed by atoms with Gasteiger partial charge in [0.15, 0.2) is 0 Å². The molecule has 0 radical (unpaired) electrons. The van der Waals surface area contributed by atoms with Gasteiger partial charge < -0.3 is 14.5 Å². The summed E-state index contributed by atoms with van der Waals surface area (Å²) in [6, 6.07) is 18.0. The molecule has 0 N–H and O–H groups in total. The summed E-state index contributed by atoms with van der Waals surface area (Å²) in [6.45, 7) is 4.94. The molecule has 0 bridgehead atoms. The van der Waals surface area contributed by atoms with Gasteiger partial charge in [-0.2, -0.15) is 0 Å². The van der Waals surface area contributed by atoms with Crippen molar-refractivity contribution in [2.45, 2.75) is 12.5 Å². The van der Waals surface area contributed by atoms with E-state index < -0.39 is 0 Å². The van der Waals surface area contributed by atoms with Crippen LogP contribution in [0.2, 0.25) is 5.02 Å². The normalized spacial score (nSPS) is 14.9. The fourth-order valence-corrected chi connectivity index (χ4v) is 5.03. The minimum absolute atomic E-state index is 0.0172. The minimum atomic E-state index is -0.222. The van der Waals surface area contributed by atoms with Crippen molar-refractivity contribution < 1.29 is 14.3 Å². The van der Waals surface area contributed by atoms with Gasteiger partial charge in [-0.1, -0.05) is 35.9 Å². The molecule has 170 valence electrons. The van der Waals surface area contributed by atoms with Crippen molar-refractivity contribution in [2.24, 2.45) is 0 Å². The van der Waals surface area contributed by atoms with Gasteiger partial charge in [-0.15, -0.1) is 17.9 Å².